The highest BCUT2D eigenvalue weighted by molar-refractivity contribution is 5.81. The Bertz CT molecular complexity index is 984. The van der Waals surface area contributed by atoms with Crippen LogP contribution in [-0.2, 0) is 20.9 Å². The maximum atomic E-state index is 14.7. The molecule has 2 unspecified atom stereocenters. The van der Waals surface area contributed by atoms with Crippen molar-refractivity contribution in [3.63, 3.8) is 0 Å². The van der Waals surface area contributed by atoms with E-state index in [-0.39, 0.29) is 18.9 Å². The molecule has 39 heavy (non-hydrogen) atoms. The third kappa shape index (κ3) is 6.45. The molecule has 0 aliphatic carbocycles. The lowest BCUT2D eigenvalue weighted by atomic mass is 9.84. The van der Waals surface area contributed by atoms with Crippen LogP contribution in [0.4, 0.5) is 61.9 Å². The van der Waals surface area contributed by atoms with Crippen molar-refractivity contribution in [2.75, 3.05) is 6.61 Å². The first-order valence-corrected chi connectivity index (χ1v) is 10.6. The summed E-state index contributed by atoms with van der Waals surface area (Å²) in [7, 11) is 0. The molecule has 0 spiro atoms. The van der Waals surface area contributed by atoms with Crippen LogP contribution in [-0.4, -0.2) is 60.5 Å². The van der Waals surface area contributed by atoms with Gasteiger partial charge in [0.15, 0.2) is 0 Å². The van der Waals surface area contributed by atoms with Crippen LogP contribution < -0.4 is 5.32 Å². The van der Waals surface area contributed by atoms with Crippen LogP contribution >= 0.6 is 0 Å². The summed E-state index contributed by atoms with van der Waals surface area (Å²) in [5.41, 5.74) is 0.273. The number of benzene rings is 1. The smallest absolute Gasteiger partial charge is 0.460 e. The van der Waals surface area contributed by atoms with Gasteiger partial charge in [-0.2, -0.15) is 57.1 Å². The fourth-order valence-electron chi connectivity index (χ4n) is 2.85. The quantitative estimate of drug-likeness (QED) is 0.218. The zero-order chi connectivity index (χ0) is 30.7. The fraction of sp³-hybridized carbons (Fsp3) is 0.619. The monoisotopic (exact) mass is 597 g/mol. The zero-order valence-corrected chi connectivity index (χ0v) is 19.7. The lowest BCUT2D eigenvalue weighted by Crippen LogP contribution is -2.72. The molecule has 0 aromatic heterocycles. The summed E-state index contributed by atoms with van der Waals surface area (Å²) >= 11 is 0. The van der Waals surface area contributed by atoms with Crippen molar-refractivity contribution in [3.05, 3.63) is 35.9 Å². The van der Waals surface area contributed by atoms with Crippen molar-refractivity contribution in [2.45, 2.75) is 68.7 Å². The van der Waals surface area contributed by atoms with Gasteiger partial charge in [0.05, 0.1) is 12.5 Å². The molecule has 1 N–H and O–H groups in total. The molecule has 1 aromatic rings. The molecule has 0 aliphatic rings. The van der Waals surface area contributed by atoms with Gasteiger partial charge in [0, 0.05) is 0 Å². The van der Waals surface area contributed by atoms with Crippen LogP contribution in [0.3, 0.4) is 0 Å². The van der Waals surface area contributed by atoms with Gasteiger partial charge in [-0.25, -0.2) is 9.59 Å². The summed E-state index contributed by atoms with van der Waals surface area (Å²) in [5.74, 6) is -44.0. The normalized spacial score (nSPS) is 15.4. The number of amides is 1. The molecule has 0 radical (unpaired) electrons. The average molecular weight is 597 g/mol. The van der Waals surface area contributed by atoms with Gasteiger partial charge in [0.2, 0.25) is 0 Å². The molecule has 2 atom stereocenters. The van der Waals surface area contributed by atoms with Gasteiger partial charge in [-0.15, -0.1) is 0 Å². The van der Waals surface area contributed by atoms with Crippen molar-refractivity contribution in [2.24, 2.45) is 5.92 Å². The number of alkyl carbamates (subject to hydrolysis) is 1. The molecule has 0 bridgehead atoms. The molecule has 0 saturated carbocycles. The summed E-state index contributed by atoms with van der Waals surface area (Å²) in [6.45, 7) is -0.0448. The van der Waals surface area contributed by atoms with Crippen LogP contribution in [0.25, 0.3) is 0 Å². The summed E-state index contributed by atoms with van der Waals surface area (Å²) in [5, 5.41) is 1.31. The highest BCUT2D eigenvalue weighted by atomic mass is 19.4. The Morgan fingerprint density at radius 1 is 0.769 bits per heavy atom. The van der Waals surface area contributed by atoms with Crippen LogP contribution in [0.1, 0.15) is 25.8 Å². The Labute approximate surface area is 211 Å². The van der Waals surface area contributed by atoms with E-state index in [2.05, 4.69) is 9.47 Å². The Morgan fingerprint density at radius 2 is 1.26 bits per heavy atom. The van der Waals surface area contributed by atoms with E-state index in [1.165, 1.54) is 42.6 Å². The van der Waals surface area contributed by atoms with E-state index < -0.39 is 73.0 Å². The van der Waals surface area contributed by atoms with Crippen molar-refractivity contribution < 1.29 is 76.1 Å². The number of esters is 1. The molecule has 0 heterocycles. The number of halogens is 13. The summed E-state index contributed by atoms with van der Waals surface area (Å²) < 4.78 is 185. The third-order valence-corrected chi connectivity index (χ3v) is 5.22. The first-order valence-electron chi connectivity index (χ1n) is 10.6. The second-order valence-corrected chi connectivity index (χ2v) is 8.06. The van der Waals surface area contributed by atoms with Crippen molar-refractivity contribution in [1.82, 2.24) is 5.32 Å². The maximum absolute atomic E-state index is 14.7. The fourth-order valence-corrected chi connectivity index (χ4v) is 2.85. The number of alkyl halides is 13. The van der Waals surface area contributed by atoms with Crippen LogP contribution in [0, 0.1) is 5.92 Å². The Morgan fingerprint density at radius 3 is 1.72 bits per heavy atom. The Kier molecular flexibility index (Phi) is 10.2. The molecule has 0 fully saturated rings. The molecule has 18 heteroatoms. The molecule has 1 rings (SSSR count). The second-order valence-electron chi connectivity index (χ2n) is 8.06. The highest BCUT2D eigenvalue weighted by Crippen LogP contribution is 2.61. The number of carbonyl (C=O) groups excluding carboxylic acids is 2. The first-order chi connectivity index (χ1) is 17.5. The van der Waals surface area contributed by atoms with Crippen LogP contribution in [0.5, 0.6) is 0 Å². The Hall–Kier alpha value is -2.95. The number of hydrogen-bond donors (Lipinski definition) is 1. The minimum absolute atomic E-state index is 0.0331. The molecular formula is C21H20F13NO4. The third-order valence-electron chi connectivity index (χ3n) is 5.22. The lowest BCUT2D eigenvalue weighted by molar-refractivity contribution is -0.443. The van der Waals surface area contributed by atoms with Gasteiger partial charge in [0.1, 0.15) is 12.6 Å². The van der Waals surface area contributed by atoms with Crippen molar-refractivity contribution >= 4 is 12.1 Å². The highest BCUT2D eigenvalue weighted by Gasteiger charge is 2.91. The number of rotatable bonds is 12. The SMILES string of the molecule is CCCOC(=O)C(NC(=O)OCc1ccccc1)C(C)C(F)(F)C(F)(F)C(F)(F)C(F)(F)C(F)(F)C(F)(F)F. The molecule has 1 aromatic carbocycles. The molecule has 224 valence electrons. The van der Waals surface area contributed by atoms with Gasteiger partial charge in [-0.05, 0) is 12.0 Å². The molecular weight excluding hydrogens is 577 g/mol. The van der Waals surface area contributed by atoms with Gasteiger partial charge in [-0.1, -0.05) is 44.2 Å². The molecule has 0 saturated heterocycles. The predicted octanol–water partition coefficient (Wildman–Crippen LogP) is 6.61. The van der Waals surface area contributed by atoms with E-state index in [0.717, 1.165) is 0 Å². The number of nitrogens with one attached hydrogen (secondary N) is 1. The molecule has 5 nitrogen and oxygen atoms in total. The predicted molar refractivity (Wildman–Crippen MR) is 105 cm³/mol. The summed E-state index contributed by atoms with van der Waals surface area (Å²) in [6, 6.07) is 4.17. The van der Waals surface area contributed by atoms with Crippen molar-refractivity contribution in [3.8, 4) is 0 Å². The minimum Gasteiger partial charge on any atom is -0.464 e. The van der Waals surface area contributed by atoms with Gasteiger partial charge in [-0.3, -0.25) is 0 Å². The van der Waals surface area contributed by atoms with E-state index in [4.69, 9.17) is 0 Å². The standard InChI is InChI=1S/C21H20F13NO4/c1-3-9-38-14(36)13(35-15(37)39-10-12-7-5-4-6-8-12)11(2)16(22,23)17(24,25)18(26,27)19(28,29)20(30,31)21(32,33)34/h4-8,11,13H,3,9-10H2,1-2H3,(H,35,37). The number of carbonyl (C=O) groups is 2. The van der Waals surface area contributed by atoms with E-state index >= 15 is 0 Å². The summed E-state index contributed by atoms with van der Waals surface area (Å²) in [6.07, 6.45) is -9.40. The maximum Gasteiger partial charge on any atom is 0.460 e. The van der Waals surface area contributed by atoms with Gasteiger partial charge >= 0.3 is 47.9 Å². The van der Waals surface area contributed by atoms with E-state index in [1.54, 1.807) is 0 Å². The van der Waals surface area contributed by atoms with Gasteiger partial charge in [0.25, 0.3) is 0 Å². The lowest BCUT2D eigenvalue weighted by Gasteiger charge is -2.42. The van der Waals surface area contributed by atoms with Crippen molar-refractivity contribution in [1.29, 1.82) is 0 Å². The van der Waals surface area contributed by atoms with E-state index in [0.29, 0.717) is 0 Å². The minimum atomic E-state index is -8.11. The van der Waals surface area contributed by atoms with E-state index in [9.17, 15) is 66.7 Å². The number of hydrogen-bond acceptors (Lipinski definition) is 4. The molecule has 1 amide bonds. The zero-order valence-electron chi connectivity index (χ0n) is 19.7. The van der Waals surface area contributed by atoms with E-state index in [1.807, 2.05) is 0 Å². The van der Waals surface area contributed by atoms with Gasteiger partial charge < -0.3 is 14.8 Å². The van der Waals surface area contributed by atoms with Crippen LogP contribution in [0.2, 0.25) is 0 Å². The summed E-state index contributed by atoms with van der Waals surface area (Å²) in [4.78, 5) is 24.2. The first kappa shape index (κ1) is 34.1. The molecule has 0 aliphatic heterocycles. The topological polar surface area (TPSA) is 64.6 Å². The van der Waals surface area contributed by atoms with Crippen LogP contribution in [0.15, 0.2) is 30.3 Å². The average Bonchev–Trinajstić information content (AvgIpc) is 2.83. The number of ether oxygens (including phenoxy) is 2. The Balaban J connectivity index is 3.40. The largest absolute Gasteiger partial charge is 0.464 e. The second kappa shape index (κ2) is 11.7.